The summed E-state index contributed by atoms with van der Waals surface area (Å²) in [5.74, 6) is -0.217. The Kier molecular flexibility index (Phi) is 6.78. The number of ether oxygens (including phenoxy) is 1. The number of benzene rings is 1. The van der Waals surface area contributed by atoms with Crippen molar-refractivity contribution in [2.45, 2.75) is 52.7 Å². The Hall–Kier alpha value is -3.15. The summed E-state index contributed by atoms with van der Waals surface area (Å²) in [6.45, 7) is 9.53. The summed E-state index contributed by atoms with van der Waals surface area (Å²) in [6, 6.07) is 11.2. The standard InChI is InChI=1S/C25H31N3O3/c1-16(2)18-10-8-12-21(28-24(30)31-25(3,4)5)22-15-17(13-14-26-22)19-9-6-7-11-20(19)27-23(18)29/h6-11,13-16,18,21H,12H2,1-5H3,(H,27,29)(H,28,30)/b10-8-/t18-,21+/m1/s1. The zero-order chi connectivity index (χ0) is 22.6. The number of alkyl carbamates (subject to hydrolysis) is 1. The fraction of sp³-hybridized carbons (Fsp3) is 0.400. The summed E-state index contributed by atoms with van der Waals surface area (Å²) < 4.78 is 5.45. The van der Waals surface area contributed by atoms with Crippen molar-refractivity contribution in [3.05, 3.63) is 60.4 Å². The molecule has 2 atom stereocenters. The molecule has 0 radical (unpaired) electrons. The molecule has 164 valence electrons. The molecule has 1 aliphatic rings. The highest BCUT2D eigenvalue weighted by atomic mass is 16.6. The van der Waals surface area contributed by atoms with Crippen molar-refractivity contribution in [2.24, 2.45) is 11.8 Å². The van der Waals surface area contributed by atoms with Crippen LogP contribution in [0.15, 0.2) is 54.7 Å². The molecule has 1 aromatic carbocycles. The molecule has 0 unspecified atom stereocenters. The van der Waals surface area contributed by atoms with E-state index in [1.54, 1.807) is 6.20 Å². The van der Waals surface area contributed by atoms with Gasteiger partial charge in [-0.25, -0.2) is 4.79 Å². The van der Waals surface area contributed by atoms with E-state index in [0.29, 0.717) is 6.42 Å². The Balaban J connectivity index is 2.04. The fourth-order valence-corrected chi connectivity index (χ4v) is 3.54. The summed E-state index contributed by atoms with van der Waals surface area (Å²) in [5.41, 5.74) is 2.71. The number of amides is 2. The normalized spacial score (nSPS) is 20.0. The van der Waals surface area contributed by atoms with Crippen LogP contribution in [0.5, 0.6) is 0 Å². The second-order valence-electron chi connectivity index (χ2n) is 9.14. The van der Waals surface area contributed by atoms with Gasteiger partial charge in [-0.3, -0.25) is 9.78 Å². The Morgan fingerprint density at radius 1 is 1.23 bits per heavy atom. The maximum absolute atomic E-state index is 13.0. The number of anilines is 1. The molecule has 0 spiro atoms. The summed E-state index contributed by atoms with van der Waals surface area (Å²) >= 11 is 0. The Morgan fingerprint density at radius 3 is 2.68 bits per heavy atom. The molecule has 31 heavy (non-hydrogen) atoms. The number of carbonyl (C=O) groups is 2. The molecule has 2 aromatic rings. The second-order valence-corrected chi connectivity index (χ2v) is 9.14. The minimum Gasteiger partial charge on any atom is -0.444 e. The molecule has 2 bridgehead atoms. The Morgan fingerprint density at radius 2 is 1.97 bits per heavy atom. The van der Waals surface area contributed by atoms with Crippen molar-refractivity contribution in [3.63, 3.8) is 0 Å². The number of hydrogen-bond acceptors (Lipinski definition) is 4. The third kappa shape index (κ3) is 5.94. The van der Waals surface area contributed by atoms with Crippen LogP contribution < -0.4 is 10.6 Å². The van der Waals surface area contributed by atoms with Gasteiger partial charge in [-0.15, -0.1) is 0 Å². The topological polar surface area (TPSA) is 80.3 Å². The molecule has 6 nitrogen and oxygen atoms in total. The van der Waals surface area contributed by atoms with Gasteiger partial charge < -0.3 is 15.4 Å². The van der Waals surface area contributed by atoms with Crippen molar-refractivity contribution >= 4 is 17.7 Å². The minimum absolute atomic E-state index is 0.0507. The molecule has 1 aromatic heterocycles. The van der Waals surface area contributed by atoms with Crippen molar-refractivity contribution in [1.29, 1.82) is 0 Å². The SMILES string of the molecule is CC(C)[C@H]1/C=C\C[C@H](NC(=O)OC(C)(C)C)c2cc(ccn2)-c2ccccc2NC1=O. The first kappa shape index (κ1) is 22.5. The fourth-order valence-electron chi connectivity index (χ4n) is 3.54. The number of para-hydroxylation sites is 1. The molecule has 0 fully saturated rings. The second kappa shape index (κ2) is 9.33. The van der Waals surface area contributed by atoms with E-state index in [1.165, 1.54) is 0 Å². The first-order chi connectivity index (χ1) is 14.6. The summed E-state index contributed by atoms with van der Waals surface area (Å²) in [5, 5.41) is 6.03. The lowest BCUT2D eigenvalue weighted by Crippen LogP contribution is -2.35. The number of nitrogens with one attached hydrogen (secondary N) is 2. The quantitative estimate of drug-likeness (QED) is 0.629. The van der Waals surface area contributed by atoms with Gasteiger partial charge in [-0.1, -0.05) is 44.2 Å². The van der Waals surface area contributed by atoms with E-state index < -0.39 is 11.7 Å². The number of carbonyl (C=O) groups excluding carboxylic acids is 2. The number of aromatic nitrogens is 1. The molecular weight excluding hydrogens is 390 g/mol. The molecule has 1 aliphatic heterocycles. The van der Waals surface area contributed by atoms with Crippen LogP contribution in [-0.2, 0) is 9.53 Å². The van der Waals surface area contributed by atoms with Gasteiger partial charge in [0.1, 0.15) is 5.60 Å². The van der Waals surface area contributed by atoms with Gasteiger partial charge in [0, 0.05) is 17.4 Å². The van der Waals surface area contributed by atoms with Gasteiger partial charge in [0.2, 0.25) is 5.91 Å². The molecule has 2 heterocycles. The maximum Gasteiger partial charge on any atom is 0.408 e. The summed E-state index contributed by atoms with van der Waals surface area (Å²) in [6.07, 6.45) is 5.57. The average Bonchev–Trinajstić information content (AvgIpc) is 2.68. The van der Waals surface area contributed by atoms with Crippen LogP contribution in [0.25, 0.3) is 11.1 Å². The lowest BCUT2D eigenvalue weighted by atomic mass is 9.92. The first-order valence-corrected chi connectivity index (χ1v) is 10.7. The molecule has 0 aliphatic carbocycles. The van der Waals surface area contributed by atoms with Crippen molar-refractivity contribution in [2.75, 3.05) is 5.32 Å². The average molecular weight is 422 g/mol. The first-order valence-electron chi connectivity index (χ1n) is 10.7. The Bertz CT molecular complexity index is 976. The molecular formula is C25H31N3O3. The van der Waals surface area contributed by atoms with Crippen LogP contribution in [0, 0.1) is 11.8 Å². The van der Waals surface area contributed by atoms with E-state index >= 15 is 0 Å². The third-order valence-electron chi connectivity index (χ3n) is 5.06. The summed E-state index contributed by atoms with van der Waals surface area (Å²) in [7, 11) is 0. The highest BCUT2D eigenvalue weighted by Gasteiger charge is 2.24. The van der Waals surface area contributed by atoms with Crippen LogP contribution in [0.1, 0.15) is 52.8 Å². The molecule has 3 rings (SSSR count). The third-order valence-corrected chi connectivity index (χ3v) is 5.06. The molecule has 0 saturated carbocycles. The number of hydrogen-bond donors (Lipinski definition) is 2. The lowest BCUT2D eigenvalue weighted by molar-refractivity contribution is -0.119. The van der Waals surface area contributed by atoms with E-state index in [2.05, 4.69) is 15.6 Å². The van der Waals surface area contributed by atoms with E-state index in [4.69, 9.17) is 4.74 Å². The number of nitrogens with zero attached hydrogens (tertiary/aromatic N) is 1. The highest BCUT2D eigenvalue weighted by molar-refractivity contribution is 5.97. The predicted molar refractivity (Wildman–Crippen MR) is 122 cm³/mol. The highest BCUT2D eigenvalue weighted by Crippen LogP contribution is 2.31. The van der Waals surface area contributed by atoms with Gasteiger partial charge in [-0.2, -0.15) is 0 Å². The predicted octanol–water partition coefficient (Wildman–Crippen LogP) is 5.49. The van der Waals surface area contributed by atoms with Crippen molar-refractivity contribution in [3.8, 4) is 11.1 Å². The maximum atomic E-state index is 13.0. The van der Waals surface area contributed by atoms with Gasteiger partial charge in [-0.05, 0) is 56.9 Å². The van der Waals surface area contributed by atoms with Gasteiger partial charge in [0.05, 0.1) is 17.7 Å². The monoisotopic (exact) mass is 421 g/mol. The van der Waals surface area contributed by atoms with Crippen LogP contribution in [0.2, 0.25) is 0 Å². The van der Waals surface area contributed by atoms with E-state index in [9.17, 15) is 9.59 Å². The molecule has 6 heteroatoms. The smallest absolute Gasteiger partial charge is 0.408 e. The van der Waals surface area contributed by atoms with Crippen LogP contribution in [0.4, 0.5) is 10.5 Å². The zero-order valence-electron chi connectivity index (χ0n) is 18.8. The zero-order valence-corrected chi connectivity index (χ0v) is 18.8. The van der Waals surface area contributed by atoms with Crippen LogP contribution in [-0.4, -0.2) is 22.6 Å². The van der Waals surface area contributed by atoms with Gasteiger partial charge in [0.15, 0.2) is 0 Å². The number of fused-ring (bicyclic) bond motifs is 4. The van der Waals surface area contributed by atoms with E-state index in [1.807, 2.05) is 83.2 Å². The lowest BCUT2D eigenvalue weighted by Gasteiger charge is -2.24. The van der Waals surface area contributed by atoms with Crippen molar-refractivity contribution < 1.29 is 14.3 Å². The molecule has 2 amide bonds. The van der Waals surface area contributed by atoms with Crippen LogP contribution in [0.3, 0.4) is 0 Å². The number of rotatable bonds is 2. The van der Waals surface area contributed by atoms with E-state index in [0.717, 1.165) is 22.5 Å². The van der Waals surface area contributed by atoms with Crippen molar-refractivity contribution in [1.82, 2.24) is 10.3 Å². The van der Waals surface area contributed by atoms with Gasteiger partial charge >= 0.3 is 6.09 Å². The summed E-state index contributed by atoms with van der Waals surface area (Å²) in [4.78, 5) is 30.0. The van der Waals surface area contributed by atoms with E-state index in [-0.39, 0.29) is 23.8 Å². The largest absolute Gasteiger partial charge is 0.444 e. The molecule has 0 saturated heterocycles. The molecule has 2 N–H and O–H groups in total. The van der Waals surface area contributed by atoms with Crippen LogP contribution >= 0.6 is 0 Å². The minimum atomic E-state index is -0.597. The van der Waals surface area contributed by atoms with Gasteiger partial charge in [0.25, 0.3) is 0 Å². The number of pyridine rings is 1. The Labute approximate surface area is 184 Å².